The number of aryl methyl sites for hydroxylation is 1. The third kappa shape index (κ3) is 4.24. The Morgan fingerprint density at radius 3 is 2.58 bits per heavy atom. The van der Waals surface area contributed by atoms with E-state index in [2.05, 4.69) is 5.32 Å². The fourth-order valence-corrected chi connectivity index (χ4v) is 4.17. The lowest BCUT2D eigenvalue weighted by atomic mass is 10.1. The maximum absolute atomic E-state index is 13.4. The van der Waals surface area contributed by atoms with Gasteiger partial charge in [0.25, 0.3) is 5.56 Å². The first-order chi connectivity index (χ1) is 15.7. The Kier molecular flexibility index (Phi) is 5.99. The van der Waals surface area contributed by atoms with Crippen LogP contribution in [0.25, 0.3) is 17.1 Å². The number of carbonyl (C=O) groups is 1. The summed E-state index contributed by atoms with van der Waals surface area (Å²) in [5, 5.41) is 3.72. The summed E-state index contributed by atoms with van der Waals surface area (Å²) in [5.41, 5.74) is 4.70. The molecule has 0 saturated heterocycles. The largest absolute Gasteiger partial charge is 0.429 e. The molecule has 0 amide bonds. The number of esters is 1. The minimum absolute atomic E-state index is 0.260. The van der Waals surface area contributed by atoms with Crippen molar-refractivity contribution in [2.45, 2.75) is 20.3 Å². The highest BCUT2D eigenvalue weighted by Gasteiger charge is 2.26. The minimum atomic E-state index is -0.411. The van der Waals surface area contributed by atoms with Crippen molar-refractivity contribution >= 4 is 34.6 Å². The quantitative estimate of drug-likeness (QED) is 0.565. The molecule has 3 aromatic rings. The van der Waals surface area contributed by atoms with Crippen molar-refractivity contribution in [3.63, 3.8) is 0 Å². The molecular formula is C25H25ClN4O3. The predicted molar refractivity (Wildman–Crippen MR) is 131 cm³/mol. The van der Waals surface area contributed by atoms with Gasteiger partial charge in [0.1, 0.15) is 17.3 Å². The van der Waals surface area contributed by atoms with E-state index < -0.39 is 5.97 Å². The number of aromatic nitrogens is 2. The molecule has 0 spiro atoms. The Morgan fingerprint density at radius 2 is 1.91 bits per heavy atom. The zero-order valence-corrected chi connectivity index (χ0v) is 19.9. The summed E-state index contributed by atoms with van der Waals surface area (Å²) >= 11 is 6.53. The number of fused-ring (bicyclic) bond motifs is 1. The van der Waals surface area contributed by atoms with Gasteiger partial charge in [0.15, 0.2) is 0 Å². The molecule has 1 aromatic heterocycles. The van der Waals surface area contributed by atoms with E-state index >= 15 is 0 Å². The number of ether oxygens (including phenoxy) is 1. The Hall–Kier alpha value is -3.58. The summed E-state index contributed by atoms with van der Waals surface area (Å²) < 4.78 is 6.93. The van der Waals surface area contributed by atoms with Crippen LogP contribution in [-0.4, -0.2) is 29.6 Å². The SMILES string of the molecule is CC(=O)OC1=C(Nc2c(C)nc(-c3ccc(N(C)C)cc3Cl)n(C)c2=O)c2ccccc2C1. The molecule has 0 saturated carbocycles. The van der Waals surface area contributed by atoms with Crippen LogP contribution in [0.4, 0.5) is 11.4 Å². The first kappa shape index (κ1) is 22.6. The van der Waals surface area contributed by atoms with Crippen molar-refractivity contribution < 1.29 is 9.53 Å². The van der Waals surface area contributed by atoms with Gasteiger partial charge in [-0.1, -0.05) is 35.9 Å². The molecule has 0 aliphatic heterocycles. The van der Waals surface area contributed by atoms with Crippen molar-refractivity contribution in [2.75, 3.05) is 24.3 Å². The van der Waals surface area contributed by atoms with Crippen LogP contribution < -0.4 is 15.8 Å². The second-order valence-electron chi connectivity index (χ2n) is 8.17. The van der Waals surface area contributed by atoms with Crippen molar-refractivity contribution in [2.24, 2.45) is 7.05 Å². The number of allylic oxidation sites excluding steroid dienone is 1. The van der Waals surface area contributed by atoms with Gasteiger partial charge in [0.2, 0.25) is 0 Å². The average molecular weight is 465 g/mol. The Labute approximate surface area is 197 Å². The Bertz CT molecular complexity index is 1360. The van der Waals surface area contributed by atoms with Crippen LogP contribution >= 0.6 is 11.6 Å². The molecule has 4 rings (SSSR count). The molecule has 1 aliphatic rings. The van der Waals surface area contributed by atoms with Gasteiger partial charge in [0.05, 0.1) is 16.4 Å². The fourth-order valence-electron chi connectivity index (χ4n) is 3.91. The lowest BCUT2D eigenvalue weighted by Crippen LogP contribution is -2.25. The minimum Gasteiger partial charge on any atom is -0.429 e. The van der Waals surface area contributed by atoms with Crippen LogP contribution in [0, 0.1) is 6.92 Å². The first-order valence-electron chi connectivity index (χ1n) is 10.5. The van der Waals surface area contributed by atoms with Gasteiger partial charge < -0.3 is 15.0 Å². The maximum Gasteiger partial charge on any atom is 0.307 e. The molecule has 1 N–H and O–H groups in total. The number of anilines is 2. The van der Waals surface area contributed by atoms with Gasteiger partial charge in [-0.3, -0.25) is 14.2 Å². The molecule has 0 unspecified atom stereocenters. The van der Waals surface area contributed by atoms with E-state index in [1.165, 1.54) is 11.5 Å². The maximum atomic E-state index is 13.4. The third-order valence-corrected chi connectivity index (χ3v) is 5.93. The molecule has 2 aromatic carbocycles. The highest BCUT2D eigenvalue weighted by atomic mass is 35.5. The van der Waals surface area contributed by atoms with Crippen LogP contribution in [0.15, 0.2) is 53.0 Å². The lowest BCUT2D eigenvalue weighted by molar-refractivity contribution is -0.136. The smallest absolute Gasteiger partial charge is 0.307 e. The number of halogens is 1. The number of nitrogens with zero attached hydrogens (tertiary/aromatic N) is 3. The van der Waals surface area contributed by atoms with Gasteiger partial charge in [-0.25, -0.2) is 4.98 Å². The normalized spacial score (nSPS) is 12.5. The van der Waals surface area contributed by atoms with Crippen LogP contribution in [0.5, 0.6) is 0 Å². The molecule has 1 aliphatic carbocycles. The monoisotopic (exact) mass is 464 g/mol. The number of nitrogens with one attached hydrogen (secondary N) is 1. The third-order valence-electron chi connectivity index (χ3n) is 5.62. The van der Waals surface area contributed by atoms with E-state index in [9.17, 15) is 9.59 Å². The number of rotatable bonds is 5. The second kappa shape index (κ2) is 8.75. The molecule has 7 nitrogen and oxygen atoms in total. The first-order valence-corrected chi connectivity index (χ1v) is 10.9. The van der Waals surface area contributed by atoms with Crippen LogP contribution in [0.1, 0.15) is 23.7 Å². The van der Waals surface area contributed by atoms with E-state index in [1.807, 2.05) is 61.5 Å². The number of hydrogen-bond donors (Lipinski definition) is 1. The highest BCUT2D eigenvalue weighted by molar-refractivity contribution is 6.33. The van der Waals surface area contributed by atoms with Crippen molar-refractivity contribution in [1.29, 1.82) is 0 Å². The van der Waals surface area contributed by atoms with E-state index in [0.29, 0.717) is 45.7 Å². The van der Waals surface area contributed by atoms with Crippen LogP contribution in [-0.2, 0) is 23.0 Å². The summed E-state index contributed by atoms with van der Waals surface area (Å²) in [4.78, 5) is 31.7. The van der Waals surface area contributed by atoms with E-state index in [1.54, 1.807) is 14.0 Å². The summed E-state index contributed by atoms with van der Waals surface area (Å²) in [6.45, 7) is 3.13. The number of hydrogen-bond acceptors (Lipinski definition) is 6. The molecule has 170 valence electrons. The fraction of sp³-hybridized carbons (Fsp3) is 0.240. The average Bonchev–Trinajstić information content (AvgIpc) is 3.10. The summed E-state index contributed by atoms with van der Waals surface area (Å²) in [6, 6.07) is 13.4. The van der Waals surface area contributed by atoms with Crippen molar-refractivity contribution in [3.8, 4) is 11.4 Å². The molecule has 0 fully saturated rings. The lowest BCUT2D eigenvalue weighted by Gasteiger charge is -2.18. The van der Waals surface area contributed by atoms with Gasteiger partial charge in [-0.15, -0.1) is 0 Å². The van der Waals surface area contributed by atoms with Gasteiger partial charge in [0, 0.05) is 51.3 Å². The standard InChI is InChI=1S/C25H25ClN4O3/c1-14-22(28-23-18-9-7-6-8-16(18)12-21(23)33-15(2)31)25(32)30(5)24(27-14)19-11-10-17(29(3)4)13-20(19)26/h6-11,13,28H,12H2,1-5H3. The molecule has 0 atom stereocenters. The second-order valence-corrected chi connectivity index (χ2v) is 8.58. The summed E-state index contributed by atoms with van der Waals surface area (Å²) in [5.74, 6) is 0.543. The Morgan fingerprint density at radius 1 is 1.18 bits per heavy atom. The number of carbonyl (C=O) groups excluding carboxylic acids is 1. The molecule has 0 bridgehead atoms. The number of benzene rings is 2. The van der Waals surface area contributed by atoms with Gasteiger partial charge >= 0.3 is 5.97 Å². The zero-order valence-electron chi connectivity index (χ0n) is 19.2. The zero-order chi connectivity index (χ0) is 23.9. The van der Waals surface area contributed by atoms with E-state index in [-0.39, 0.29) is 5.56 Å². The van der Waals surface area contributed by atoms with Gasteiger partial charge in [-0.05, 0) is 30.7 Å². The van der Waals surface area contributed by atoms with Crippen LogP contribution in [0.3, 0.4) is 0 Å². The molecule has 33 heavy (non-hydrogen) atoms. The van der Waals surface area contributed by atoms with Gasteiger partial charge in [-0.2, -0.15) is 0 Å². The molecule has 1 heterocycles. The van der Waals surface area contributed by atoms with Crippen molar-refractivity contribution in [1.82, 2.24) is 9.55 Å². The van der Waals surface area contributed by atoms with Crippen molar-refractivity contribution in [3.05, 3.63) is 80.4 Å². The summed E-state index contributed by atoms with van der Waals surface area (Å²) in [6.07, 6.45) is 0.469. The molecule has 0 radical (unpaired) electrons. The van der Waals surface area contributed by atoms with E-state index in [0.717, 1.165) is 16.8 Å². The van der Waals surface area contributed by atoms with E-state index in [4.69, 9.17) is 21.3 Å². The molecular weight excluding hydrogens is 440 g/mol. The Balaban J connectivity index is 1.79. The molecule has 8 heteroatoms. The summed E-state index contributed by atoms with van der Waals surface area (Å²) in [7, 11) is 5.53. The predicted octanol–water partition coefficient (Wildman–Crippen LogP) is 4.38. The highest BCUT2D eigenvalue weighted by Crippen LogP contribution is 2.35. The van der Waals surface area contributed by atoms with Crippen LogP contribution in [0.2, 0.25) is 5.02 Å². The topological polar surface area (TPSA) is 76.5 Å².